The Kier molecular flexibility index (Phi) is 4.00. The van der Waals surface area contributed by atoms with E-state index >= 15 is 0 Å². The fourth-order valence-electron chi connectivity index (χ4n) is 2.06. The van der Waals surface area contributed by atoms with Crippen molar-refractivity contribution >= 4 is 6.09 Å². The highest BCUT2D eigenvalue weighted by Gasteiger charge is 2.35. The molecule has 6 nitrogen and oxygen atoms in total. The predicted octanol–water partition coefficient (Wildman–Crippen LogP) is 2.78. The molecular weight excluding hydrogens is 270 g/mol. The van der Waals surface area contributed by atoms with Gasteiger partial charge in [0.2, 0.25) is 5.89 Å². The molecule has 6 heteroatoms. The van der Waals surface area contributed by atoms with Gasteiger partial charge < -0.3 is 14.2 Å². The van der Waals surface area contributed by atoms with E-state index in [0.29, 0.717) is 31.3 Å². The van der Waals surface area contributed by atoms with Crippen molar-refractivity contribution in [1.29, 1.82) is 0 Å². The summed E-state index contributed by atoms with van der Waals surface area (Å²) in [5.74, 6) is 1.74. The average molecular weight is 295 g/mol. The number of carbonyl (C=O) groups excluding carboxylic acids is 1. The zero-order valence-corrected chi connectivity index (χ0v) is 13.8. The van der Waals surface area contributed by atoms with Crippen LogP contribution in [0.1, 0.15) is 53.3 Å². The first kappa shape index (κ1) is 15.8. The Bertz CT molecular complexity index is 505. The Morgan fingerprint density at radius 1 is 1.29 bits per heavy atom. The molecule has 0 saturated carbocycles. The molecule has 1 aliphatic heterocycles. The van der Waals surface area contributed by atoms with Gasteiger partial charge in [0.1, 0.15) is 5.60 Å². The number of aromatic nitrogens is 2. The Balaban J connectivity index is 1.81. The monoisotopic (exact) mass is 295 g/mol. The van der Waals surface area contributed by atoms with Gasteiger partial charge in [0.05, 0.1) is 0 Å². The standard InChI is InChI=1S/C15H25N3O3/c1-14(2,3)12-16-11(21-17-12)7-10-8-18(9-10)13(19)20-15(4,5)6/h10H,7-9H2,1-6H3. The number of amides is 1. The summed E-state index contributed by atoms with van der Waals surface area (Å²) in [6.45, 7) is 13.1. The molecular formula is C15H25N3O3. The number of hydrogen-bond acceptors (Lipinski definition) is 5. The molecule has 0 unspecified atom stereocenters. The van der Waals surface area contributed by atoms with Crippen LogP contribution in [0, 0.1) is 5.92 Å². The van der Waals surface area contributed by atoms with E-state index in [-0.39, 0.29) is 11.5 Å². The average Bonchev–Trinajstić information content (AvgIpc) is 2.67. The second-order valence-corrected chi connectivity index (χ2v) is 7.72. The van der Waals surface area contributed by atoms with Gasteiger partial charge in [-0.05, 0) is 20.8 Å². The van der Waals surface area contributed by atoms with E-state index in [9.17, 15) is 4.79 Å². The predicted molar refractivity (Wildman–Crippen MR) is 78.0 cm³/mol. The third kappa shape index (κ3) is 4.19. The zero-order chi connectivity index (χ0) is 15.8. The van der Waals surface area contributed by atoms with Gasteiger partial charge in [-0.2, -0.15) is 4.98 Å². The lowest BCUT2D eigenvalue weighted by atomic mass is 9.95. The van der Waals surface area contributed by atoms with Crippen molar-refractivity contribution < 1.29 is 14.1 Å². The van der Waals surface area contributed by atoms with Crippen LogP contribution in [0.15, 0.2) is 4.52 Å². The van der Waals surface area contributed by atoms with E-state index in [0.717, 1.165) is 5.82 Å². The molecule has 1 aromatic heterocycles. The van der Waals surface area contributed by atoms with Gasteiger partial charge in [-0.15, -0.1) is 0 Å². The third-order valence-corrected chi connectivity index (χ3v) is 3.21. The molecule has 0 atom stereocenters. The number of nitrogens with zero attached hydrogens (tertiary/aromatic N) is 3. The van der Waals surface area contributed by atoms with Gasteiger partial charge in [0, 0.05) is 30.8 Å². The van der Waals surface area contributed by atoms with Gasteiger partial charge in [0.25, 0.3) is 0 Å². The molecule has 0 spiro atoms. The summed E-state index contributed by atoms with van der Waals surface area (Å²) < 4.78 is 10.6. The van der Waals surface area contributed by atoms with Gasteiger partial charge in [-0.1, -0.05) is 25.9 Å². The van der Waals surface area contributed by atoms with Crippen LogP contribution in [0.25, 0.3) is 0 Å². The van der Waals surface area contributed by atoms with Gasteiger partial charge >= 0.3 is 6.09 Å². The Hall–Kier alpha value is -1.59. The lowest BCUT2D eigenvalue weighted by Crippen LogP contribution is -2.52. The minimum absolute atomic E-state index is 0.107. The summed E-state index contributed by atoms with van der Waals surface area (Å²) in [6.07, 6.45) is 0.460. The number of hydrogen-bond donors (Lipinski definition) is 0. The fraction of sp³-hybridized carbons (Fsp3) is 0.800. The molecule has 1 aromatic rings. The topological polar surface area (TPSA) is 68.5 Å². The van der Waals surface area contributed by atoms with Crippen LogP contribution in [0.5, 0.6) is 0 Å². The summed E-state index contributed by atoms with van der Waals surface area (Å²) in [7, 11) is 0. The van der Waals surface area contributed by atoms with Crippen molar-refractivity contribution in [2.24, 2.45) is 5.92 Å². The lowest BCUT2D eigenvalue weighted by molar-refractivity contribution is -0.00187. The van der Waals surface area contributed by atoms with Gasteiger partial charge in [-0.3, -0.25) is 0 Å². The number of ether oxygens (including phenoxy) is 1. The van der Waals surface area contributed by atoms with E-state index in [1.807, 2.05) is 20.8 Å². The molecule has 0 radical (unpaired) electrons. The molecule has 0 N–H and O–H groups in total. The smallest absolute Gasteiger partial charge is 0.410 e. The first-order valence-electron chi connectivity index (χ1n) is 7.35. The Morgan fingerprint density at radius 2 is 1.90 bits per heavy atom. The van der Waals surface area contributed by atoms with Crippen LogP contribution in [-0.4, -0.2) is 39.8 Å². The minimum Gasteiger partial charge on any atom is -0.444 e. The minimum atomic E-state index is -0.448. The van der Waals surface area contributed by atoms with Crippen molar-refractivity contribution in [2.75, 3.05) is 13.1 Å². The van der Waals surface area contributed by atoms with Crippen molar-refractivity contribution in [3.05, 3.63) is 11.7 Å². The van der Waals surface area contributed by atoms with E-state index in [1.165, 1.54) is 0 Å². The van der Waals surface area contributed by atoms with Crippen LogP contribution >= 0.6 is 0 Å². The number of rotatable bonds is 2. The van der Waals surface area contributed by atoms with Crippen molar-refractivity contribution in [2.45, 2.75) is 59.0 Å². The summed E-state index contributed by atoms with van der Waals surface area (Å²) in [4.78, 5) is 18.0. The van der Waals surface area contributed by atoms with Gasteiger partial charge in [-0.25, -0.2) is 4.79 Å². The summed E-state index contributed by atoms with van der Waals surface area (Å²) in [6, 6.07) is 0. The molecule has 0 bridgehead atoms. The third-order valence-electron chi connectivity index (χ3n) is 3.21. The van der Waals surface area contributed by atoms with Gasteiger partial charge in [0.15, 0.2) is 5.82 Å². The van der Waals surface area contributed by atoms with Crippen LogP contribution in [0.4, 0.5) is 4.79 Å². The fourth-order valence-corrected chi connectivity index (χ4v) is 2.06. The molecule has 1 saturated heterocycles. The summed E-state index contributed by atoms with van der Waals surface area (Å²) in [5, 5.41) is 4.01. The summed E-state index contributed by atoms with van der Waals surface area (Å²) >= 11 is 0. The van der Waals surface area contributed by atoms with E-state index in [2.05, 4.69) is 30.9 Å². The lowest BCUT2D eigenvalue weighted by Gasteiger charge is -2.39. The highest BCUT2D eigenvalue weighted by atomic mass is 16.6. The van der Waals surface area contributed by atoms with Crippen LogP contribution < -0.4 is 0 Å². The molecule has 1 aliphatic rings. The molecule has 1 fully saturated rings. The highest BCUT2D eigenvalue weighted by Crippen LogP contribution is 2.24. The highest BCUT2D eigenvalue weighted by molar-refractivity contribution is 5.69. The van der Waals surface area contributed by atoms with Crippen LogP contribution in [-0.2, 0) is 16.6 Å². The van der Waals surface area contributed by atoms with Crippen LogP contribution in [0.3, 0.4) is 0 Å². The van der Waals surface area contributed by atoms with Crippen LogP contribution in [0.2, 0.25) is 0 Å². The first-order valence-corrected chi connectivity index (χ1v) is 7.35. The van der Waals surface area contributed by atoms with Crippen molar-refractivity contribution in [1.82, 2.24) is 15.0 Å². The molecule has 0 aliphatic carbocycles. The summed E-state index contributed by atoms with van der Waals surface area (Å²) in [5.41, 5.74) is -0.555. The molecule has 0 aromatic carbocycles. The largest absolute Gasteiger partial charge is 0.444 e. The SMILES string of the molecule is CC(C)(C)OC(=O)N1CC(Cc2nc(C(C)(C)C)no2)C1. The number of likely N-dealkylation sites (tertiary alicyclic amines) is 1. The zero-order valence-electron chi connectivity index (χ0n) is 13.8. The normalized spacial score (nSPS) is 16.8. The molecule has 2 heterocycles. The van der Waals surface area contributed by atoms with E-state index in [1.54, 1.807) is 4.90 Å². The quantitative estimate of drug-likeness (QED) is 0.839. The van der Waals surface area contributed by atoms with E-state index in [4.69, 9.17) is 9.26 Å². The molecule has 21 heavy (non-hydrogen) atoms. The Labute approximate surface area is 125 Å². The molecule has 1 amide bonds. The first-order chi connectivity index (χ1) is 9.54. The second-order valence-electron chi connectivity index (χ2n) is 7.72. The second kappa shape index (κ2) is 5.31. The van der Waals surface area contributed by atoms with Crippen molar-refractivity contribution in [3.8, 4) is 0 Å². The van der Waals surface area contributed by atoms with Crippen molar-refractivity contribution in [3.63, 3.8) is 0 Å². The maximum absolute atomic E-state index is 11.8. The Morgan fingerprint density at radius 3 is 2.38 bits per heavy atom. The molecule has 118 valence electrons. The maximum atomic E-state index is 11.8. The number of carbonyl (C=O) groups is 1. The van der Waals surface area contributed by atoms with E-state index < -0.39 is 5.60 Å². The molecule has 2 rings (SSSR count). The maximum Gasteiger partial charge on any atom is 0.410 e.